The third-order valence-electron chi connectivity index (χ3n) is 5.96. The minimum atomic E-state index is -0.117. The molecule has 1 aliphatic rings. The van der Waals surface area contributed by atoms with Crippen LogP contribution in [-0.2, 0) is 27.3 Å². The molecule has 0 bridgehead atoms. The Hall–Kier alpha value is -3.04. The summed E-state index contributed by atoms with van der Waals surface area (Å²) in [6.45, 7) is 6.67. The monoisotopic (exact) mass is 473 g/mol. The second kappa shape index (κ2) is 13.0. The highest BCUT2D eigenvalue weighted by Gasteiger charge is 2.22. The summed E-state index contributed by atoms with van der Waals surface area (Å²) in [5.41, 5.74) is 1.02. The van der Waals surface area contributed by atoms with E-state index in [0.29, 0.717) is 56.5 Å². The Bertz CT molecular complexity index is 911. The van der Waals surface area contributed by atoms with Crippen LogP contribution < -0.4 is 9.47 Å². The first-order valence-corrected chi connectivity index (χ1v) is 11.6. The molecule has 0 aliphatic carbocycles. The van der Waals surface area contributed by atoms with Gasteiger partial charge in [0.1, 0.15) is 5.76 Å². The fourth-order valence-corrected chi connectivity index (χ4v) is 3.88. The largest absolute Gasteiger partial charge is 0.493 e. The maximum atomic E-state index is 13.3. The highest BCUT2D eigenvalue weighted by Crippen LogP contribution is 2.27. The van der Waals surface area contributed by atoms with E-state index in [1.165, 1.54) is 6.92 Å². The molecule has 1 aliphatic heterocycles. The van der Waals surface area contributed by atoms with Gasteiger partial charge in [0.15, 0.2) is 11.5 Å². The molecule has 34 heavy (non-hydrogen) atoms. The zero-order valence-electron chi connectivity index (χ0n) is 20.3. The fraction of sp³-hybridized carbons (Fsp3) is 0.520. The Morgan fingerprint density at radius 1 is 1.03 bits per heavy atom. The summed E-state index contributed by atoms with van der Waals surface area (Å²) in [6.07, 6.45) is 2.22. The van der Waals surface area contributed by atoms with Crippen molar-refractivity contribution < 1.29 is 28.2 Å². The number of rotatable bonds is 12. The van der Waals surface area contributed by atoms with Crippen LogP contribution in [0.3, 0.4) is 0 Å². The van der Waals surface area contributed by atoms with Gasteiger partial charge in [0.25, 0.3) is 0 Å². The van der Waals surface area contributed by atoms with E-state index in [1.54, 1.807) is 36.3 Å². The molecule has 9 nitrogen and oxygen atoms in total. The number of ether oxygens (including phenoxy) is 3. The molecule has 2 heterocycles. The molecule has 0 unspecified atom stereocenters. The third-order valence-corrected chi connectivity index (χ3v) is 5.96. The van der Waals surface area contributed by atoms with Gasteiger partial charge in [-0.3, -0.25) is 14.5 Å². The first-order chi connectivity index (χ1) is 16.5. The van der Waals surface area contributed by atoms with Crippen LogP contribution in [-0.4, -0.2) is 93.2 Å². The summed E-state index contributed by atoms with van der Waals surface area (Å²) >= 11 is 0. The van der Waals surface area contributed by atoms with E-state index in [2.05, 4.69) is 4.90 Å². The molecule has 1 fully saturated rings. The average Bonchev–Trinajstić information content (AvgIpc) is 3.37. The van der Waals surface area contributed by atoms with E-state index in [-0.39, 0.29) is 18.4 Å². The van der Waals surface area contributed by atoms with Gasteiger partial charge in [-0.1, -0.05) is 6.07 Å². The highest BCUT2D eigenvalue weighted by molar-refractivity contribution is 5.83. The SMILES string of the molecule is COc1ccc(CCN(Cc2ccco2)C(=O)CN(CCN2CCOCC2)C(C)=O)cc1OC. The van der Waals surface area contributed by atoms with Gasteiger partial charge in [0.2, 0.25) is 11.8 Å². The number of furan rings is 1. The van der Waals surface area contributed by atoms with Gasteiger partial charge in [-0.15, -0.1) is 0 Å². The molecule has 2 aromatic rings. The van der Waals surface area contributed by atoms with Crippen molar-refractivity contribution in [1.82, 2.24) is 14.7 Å². The number of hydrogen-bond acceptors (Lipinski definition) is 7. The van der Waals surface area contributed by atoms with E-state index in [4.69, 9.17) is 18.6 Å². The van der Waals surface area contributed by atoms with Crippen LogP contribution in [0.25, 0.3) is 0 Å². The van der Waals surface area contributed by atoms with Gasteiger partial charge in [-0.2, -0.15) is 0 Å². The van der Waals surface area contributed by atoms with Crippen molar-refractivity contribution in [3.8, 4) is 11.5 Å². The van der Waals surface area contributed by atoms with E-state index in [9.17, 15) is 9.59 Å². The van der Waals surface area contributed by atoms with Crippen molar-refractivity contribution in [2.75, 3.05) is 66.7 Å². The number of carbonyl (C=O) groups excluding carboxylic acids is 2. The van der Waals surface area contributed by atoms with Crippen LogP contribution in [0.4, 0.5) is 0 Å². The van der Waals surface area contributed by atoms with Crippen molar-refractivity contribution in [3.63, 3.8) is 0 Å². The van der Waals surface area contributed by atoms with Gasteiger partial charge < -0.3 is 28.4 Å². The molecular weight excluding hydrogens is 438 g/mol. The number of amides is 2. The van der Waals surface area contributed by atoms with Crippen LogP contribution >= 0.6 is 0 Å². The minimum Gasteiger partial charge on any atom is -0.493 e. The van der Waals surface area contributed by atoms with Crippen molar-refractivity contribution in [1.29, 1.82) is 0 Å². The highest BCUT2D eigenvalue weighted by atomic mass is 16.5. The summed E-state index contributed by atoms with van der Waals surface area (Å²) in [7, 11) is 3.20. The lowest BCUT2D eigenvalue weighted by atomic mass is 10.1. The van der Waals surface area contributed by atoms with Gasteiger partial charge in [-0.25, -0.2) is 0 Å². The smallest absolute Gasteiger partial charge is 0.242 e. The molecule has 1 saturated heterocycles. The number of nitrogens with zero attached hydrogens (tertiary/aromatic N) is 3. The summed E-state index contributed by atoms with van der Waals surface area (Å²) in [4.78, 5) is 31.2. The second-order valence-electron chi connectivity index (χ2n) is 8.23. The minimum absolute atomic E-state index is 0.0340. The number of morpholine rings is 1. The maximum absolute atomic E-state index is 13.3. The van der Waals surface area contributed by atoms with E-state index in [1.807, 2.05) is 24.3 Å². The molecular formula is C25H35N3O6. The number of methoxy groups -OCH3 is 2. The first-order valence-electron chi connectivity index (χ1n) is 11.6. The standard InChI is InChI=1S/C25H35N3O6/c1-20(29)27(11-10-26-12-15-33-16-13-26)19-25(30)28(18-22-5-4-14-34-22)9-8-21-6-7-23(31-2)24(17-21)32-3/h4-7,14,17H,8-13,15-16,18-19H2,1-3H3. The zero-order chi connectivity index (χ0) is 24.3. The average molecular weight is 474 g/mol. The molecule has 0 N–H and O–H groups in total. The Morgan fingerprint density at radius 2 is 1.79 bits per heavy atom. The zero-order valence-corrected chi connectivity index (χ0v) is 20.3. The quantitative estimate of drug-likeness (QED) is 0.466. The van der Waals surface area contributed by atoms with Crippen molar-refractivity contribution in [2.45, 2.75) is 19.9 Å². The third kappa shape index (κ3) is 7.50. The molecule has 9 heteroatoms. The number of carbonyl (C=O) groups is 2. The molecule has 1 aromatic heterocycles. The summed E-state index contributed by atoms with van der Waals surface area (Å²) in [5.74, 6) is 1.78. The van der Waals surface area contributed by atoms with Crippen LogP contribution in [0, 0.1) is 0 Å². The van der Waals surface area contributed by atoms with Crippen LogP contribution in [0.2, 0.25) is 0 Å². The van der Waals surface area contributed by atoms with Gasteiger partial charge in [0, 0.05) is 39.6 Å². The molecule has 2 amide bonds. The molecule has 3 rings (SSSR count). The summed E-state index contributed by atoms with van der Waals surface area (Å²) in [6, 6.07) is 9.38. The Balaban J connectivity index is 1.64. The van der Waals surface area contributed by atoms with Gasteiger partial charge in [0.05, 0.1) is 46.8 Å². The predicted molar refractivity (Wildman–Crippen MR) is 127 cm³/mol. The van der Waals surface area contributed by atoms with Crippen LogP contribution in [0.15, 0.2) is 41.0 Å². The predicted octanol–water partition coefficient (Wildman–Crippen LogP) is 2.05. The fourth-order valence-electron chi connectivity index (χ4n) is 3.88. The maximum Gasteiger partial charge on any atom is 0.242 e. The second-order valence-corrected chi connectivity index (χ2v) is 8.23. The molecule has 0 radical (unpaired) electrons. The first kappa shape index (κ1) is 25.6. The molecule has 1 aromatic carbocycles. The lowest BCUT2D eigenvalue weighted by Crippen LogP contribution is -2.46. The Kier molecular flexibility index (Phi) is 9.78. The van der Waals surface area contributed by atoms with Crippen molar-refractivity contribution >= 4 is 11.8 Å². The van der Waals surface area contributed by atoms with Gasteiger partial charge in [-0.05, 0) is 36.2 Å². The molecule has 0 spiro atoms. The lowest BCUT2D eigenvalue weighted by molar-refractivity contribution is -0.140. The van der Waals surface area contributed by atoms with Crippen molar-refractivity contribution in [3.05, 3.63) is 47.9 Å². The summed E-state index contributed by atoms with van der Waals surface area (Å²) < 4.78 is 21.6. The topological polar surface area (TPSA) is 84.7 Å². The number of hydrogen-bond donors (Lipinski definition) is 0. The Labute approximate surface area is 201 Å². The normalized spacial score (nSPS) is 14.0. The lowest BCUT2D eigenvalue weighted by Gasteiger charge is -2.30. The molecule has 0 atom stereocenters. The molecule has 186 valence electrons. The molecule has 0 saturated carbocycles. The van der Waals surface area contributed by atoms with Crippen LogP contribution in [0.1, 0.15) is 18.2 Å². The Morgan fingerprint density at radius 3 is 2.44 bits per heavy atom. The van der Waals surface area contributed by atoms with E-state index >= 15 is 0 Å². The van der Waals surface area contributed by atoms with Crippen LogP contribution in [0.5, 0.6) is 11.5 Å². The van der Waals surface area contributed by atoms with E-state index in [0.717, 1.165) is 25.2 Å². The summed E-state index contributed by atoms with van der Waals surface area (Å²) in [5, 5.41) is 0. The van der Waals surface area contributed by atoms with Gasteiger partial charge >= 0.3 is 0 Å². The van der Waals surface area contributed by atoms with Crippen molar-refractivity contribution in [2.24, 2.45) is 0 Å². The van der Waals surface area contributed by atoms with E-state index < -0.39 is 0 Å². The number of benzene rings is 1.